The number of ether oxygens (including phenoxy) is 3. The second-order valence-electron chi connectivity index (χ2n) is 11.4. The van der Waals surface area contributed by atoms with Gasteiger partial charge in [-0.3, -0.25) is 24.0 Å². The SMILES string of the molecule is CCOc1nc(NC=O)nc2c1ncn2C1O[C@](F)(COP(=O)(NC(C)C(=O)OC2CCCCC2)Oc2ccccc2)[C@@H](F)[C@@]1(C)O. The first-order valence-electron chi connectivity index (χ1n) is 15.2. The average Bonchev–Trinajstić information content (AvgIpc) is 3.54. The van der Waals surface area contributed by atoms with Crippen molar-refractivity contribution in [3.8, 4) is 11.6 Å². The van der Waals surface area contributed by atoms with Crippen molar-refractivity contribution >= 4 is 37.2 Å². The van der Waals surface area contributed by atoms with Gasteiger partial charge in [-0.05, 0) is 58.6 Å². The zero-order valence-electron chi connectivity index (χ0n) is 26.0. The molecule has 3 aromatic rings. The van der Waals surface area contributed by atoms with E-state index < -0.39 is 50.2 Å². The van der Waals surface area contributed by atoms with Gasteiger partial charge in [0.05, 0.1) is 12.9 Å². The van der Waals surface area contributed by atoms with Crippen LogP contribution < -0.4 is 19.7 Å². The monoisotopic (exact) mass is 682 g/mol. The van der Waals surface area contributed by atoms with E-state index >= 15 is 8.78 Å². The quantitative estimate of drug-likeness (QED) is 0.125. The Labute approximate surface area is 268 Å². The van der Waals surface area contributed by atoms with E-state index in [9.17, 15) is 19.3 Å². The number of aromatic nitrogens is 4. The number of hydrogen-bond donors (Lipinski definition) is 3. The number of nitrogens with one attached hydrogen (secondary N) is 2. The van der Waals surface area contributed by atoms with Crippen LogP contribution in [0.5, 0.6) is 11.6 Å². The number of anilines is 1. The van der Waals surface area contributed by atoms with Crippen LogP contribution in [0.15, 0.2) is 36.7 Å². The summed E-state index contributed by atoms with van der Waals surface area (Å²) in [5.74, 6) is -4.31. The summed E-state index contributed by atoms with van der Waals surface area (Å²) in [6.45, 7) is 2.88. The lowest BCUT2D eigenvalue weighted by Crippen LogP contribution is -2.46. The van der Waals surface area contributed by atoms with Crippen LogP contribution in [0.1, 0.15) is 59.1 Å². The summed E-state index contributed by atoms with van der Waals surface area (Å²) in [5, 5.41) is 15.9. The third-order valence-corrected chi connectivity index (χ3v) is 9.37. The number of amides is 1. The molecule has 3 N–H and O–H groups in total. The highest BCUT2D eigenvalue weighted by Crippen LogP contribution is 2.52. The Bertz CT molecular complexity index is 1610. The van der Waals surface area contributed by atoms with Gasteiger partial charge in [-0.25, -0.2) is 18.3 Å². The molecular weight excluding hydrogens is 645 g/mol. The molecule has 2 aromatic heterocycles. The van der Waals surface area contributed by atoms with Gasteiger partial charge in [0, 0.05) is 0 Å². The Hall–Kier alpha value is -3.76. The fraction of sp³-hybridized carbons (Fsp3) is 0.552. The zero-order valence-corrected chi connectivity index (χ0v) is 26.9. The Kier molecular flexibility index (Phi) is 10.4. The van der Waals surface area contributed by atoms with E-state index in [4.69, 9.17) is 23.3 Å². The molecule has 1 saturated carbocycles. The van der Waals surface area contributed by atoms with Gasteiger partial charge in [-0.2, -0.15) is 15.1 Å². The Balaban J connectivity index is 1.38. The van der Waals surface area contributed by atoms with Gasteiger partial charge in [-0.1, -0.05) is 24.6 Å². The number of benzene rings is 1. The van der Waals surface area contributed by atoms with Crippen LogP contribution in [-0.4, -0.2) is 80.0 Å². The summed E-state index contributed by atoms with van der Waals surface area (Å²) in [7, 11) is -4.63. The molecule has 1 aliphatic carbocycles. The number of aliphatic hydroxyl groups is 1. The van der Waals surface area contributed by atoms with E-state index in [1.54, 1.807) is 25.1 Å². The number of nitrogens with zero attached hydrogens (tertiary/aromatic N) is 4. The first kappa shape index (κ1) is 34.6. The molecule has 18 heteroatoms. The molecule has 1 amide bonds. The van der Waals surface area contributed by atoms with E-state index in [1.807, 2.05) is 0 Å². The van der Waals surface area contributed by atoms with E-state index in [0.29, 0.717) is 19.3 Å². The van der Waals surface area contributed by atoms with E-state index in [-0.39, 0.29) is 41.5 Å². The number of rotatable bonds is 14. The third kappa shape index (κ3) is 7.54. The standard InChI is InChI=1S/C29H37F2N6O9P/c1-4-42-23-21-22(34-27(35-23)33-17-38)37(16-32-21)26-28(3,40)25(30)29(31,45-26)15-43-47(41,46-20-13-9-6-10-14-20)36-18(2)24(39)44-19-11-7-5-8-12-19/h6,9-10,13-14,16-19,25-26,40H,4-5,7-8,11-12,15H2,1-3H3,(H,36,41)(H,33,34,35,38)/t18?,25-,26?,28+,29+,47?/m0/s1. The highest BCUT2D eigenvalue weighted by molar-refractivity contribution is 7.52. The van der Waals surface area contributed by atoms with Gasteiger partial charge in [0.1, 0.15) is 30.1 Å². The van der Waals surface area contributed by atoms with Crippen molar-refractivity contribution in [3.63, 3.8) is 0 Å². The molecule has 47 heavy (non-hydrogen) atoms. The summed E-state index contributed by atoms with van der Waals surface area (Å²) >= 11 is 0. The summed E-state index contributed by atoms with van der Waals surface area (Å²) in [6, 6.07) is 6.53. The van der Waals surface area contributed by atoms with Crippen molar-refractivity contribution in [2.75, 3.05) is 18.5 Å². The van der Waals surface area contributed by atoms with Crippen molar-refractivity contribution in [2.45, 2.75) is 88.9 Å². The molecule has 2 fully saturated rings. The van der Waals surface area contributed by atoms with E-state index in [1.165, 1.54) is 19.1 Å². The molecular formula is C29H37F2N6O9P. The van der Waals surface area contributed by atoms with E-state index in [0.717, 1.165) is 37.1 Å². The van der Waals surface area contributed by atoms with Gasteiger partial charge in [0.25, 0.3) is 5.85 Å². The lowest BCUT2D eigenvalue weighted by molar-refractivity contribution is -0.192. The number of para-hydroxylation sites is 1. The predicted octanol–water partition coefficient (Wildman–Crippen LogP) is 4.13. The van der Waals surface area contributed by atoms with Crippen LogP contribution in [0, 0.1) is 0 Å². The summed E-state index contributed by atoms with van der Waals surface area (Å²) in [4.78, 5) is 36.3. The van der Waals surface area contributed by atoms with Gasteiger partial charge in [0.15, 0.2) is 23.6 Å². The molecule has 6 atom stereocenters. The van der Waals surface area contributed by atoms with Gasteiger partial charge in [0.2, 0.25) is 18.2 Å². The van der Waals surface area contributed by atoms with Crippen LogP contribution in [0.3, 0.4) is 0 Å². The van der Waals surface area contributed by atoms with Crippen LogP contribution >= 0.6 is 7.75 Å². The number of carbonyl (C=O) groups is 2. The molecule has 3 heterocycles. The average molecular weight is 683 g/mol. The minimum atomic E-state index is -4.63. The van der Waals surface area contributed by atoms with Gasteiger partial charge < -0.3 is 23.8 Å². The van der Waals surface area contributed by atoms with Crippen LogP contribution in [0.2, 0.25) is 0 Å². The number of alkyl halides is 2. The van der Waals surface area contributed by atoms with Crippen LogP contribution in [-0.2, 0) is 28.2 Å². The molecule has 0 spiro atoms. The maximum absolute atomic E-state index is 16.4. The first-order valence-corrected chi connectivity index (χ1v) is 16.7. The van der Waals surface area contributed by atoms with E-state index in [2.05, 4.69) is 25.4 Å². The molecule has 1 aliphatic heterocycles. The summed E-state index contributed by atoms with van der Waals surface area (Å²) in [6.07, 6.45) is 0.857. The lowest BCUT2D eigenvalue weighted by atomic mass is 9.97. The molecule has 15 nitrogen and oxygen atoms in total. The summed E-state index contributed by atoms with van der Waals surface area (Å²) < 4.78 is 74.7. The van der Waals surface area contributed by atoms with Crippen LogP contribution in [0.4, 0.5) is 14.7 Å². The maximum Gasteiger partial charge on any atom is 0.459 e. The number of hydrogen-bond acceptors (Lipinski definition) is 12. The molecule has 1 saturated heterocycles. The molecule has 5 rings (SSSR count). The third-order valence-electron chi connectivity index (χ3n) is 7.75. The smallest absolute Gasteiger partial charge is 0.459 e. The Morgan fingerprint density at radius 2 is 1.98 bits per heavy atom. The number of fused-ring (bicyclic) bond motifs is 1. The number of carbonyl (C=O) groups excluding carboxylic acids is 2. The van der Waals surface area contributed by atoms with Crippen molar-refractivity contribution in [2.24, 2.45) is 0 Å². The normalized spacial score (nSPS) is 26.8. The molecule has 2 aliphatic rings. The van der Waals surface area contributed by atoms with Gasteiger partial charge >= 0.3 is 13.7 Å². The number of halogens is 2. The van der Waals surface area contributed by atoms with Crippen molar-refractivity contribution < 1.29 is 51.3 Å². The fourth-order valence-corrected chi connectivity index (χ4v) is 6.92. The lowest BCUT2D eigenvalue weighted by Gasteiger charge is -2.28. The predicted molar refractivity (Wildman–Crippen MR) is 162 cm³/mol. The first-order chi connectivity index (χ1) is 22.4. The second-order valence-corrected chi connectivity index (χ2v) is 13.1. The molecule has 0 radical (unpaired) electrons. The highest BCUT2D eigenvalue weighted by Gasteiger charge is 2.65. The molecule has 1 aromatic carbocycles. The van der Waals surface area contributed by atoms with Crippen molar-refractivity contribution in [3.05, 3.63) is 36.7 Å². The number of esters is 1. The minimum absolute atomic E-state index is 0.0360. The van der Waals surface area contributed by atoms with Gasteiger partial charge in [-0.15, -0.1) is 0 Å². The van der Waals surface area contributed by atoms with Crippen molar-refractivity contribution in [1.82, 2.24) is 24.6 Å². The maximum atomic E-state index is 16.4. The number of imidazole rings is 1. The molecule has 0 bridgehead atoms. The van der Waals surface area contributed by atoms with Crippen LogP contribution in [0.25, 0.3) is 11.2 Å². The minimum Gasteiger partial charge on any atom is -0.476 e. The Morgan fingerprint density at radius 3 is 2.66 bits per heavy atom. The zero-order chi connectivity index (χ0) is 33.8. The summed E-state index contributed by atoms with van der Waals surface area (Å²) in [5.41, 5.74) is -2.58. The second kappa shape index (κ2) is 14.2. The largest absolute Gasteiger partial charge is 0.476 e. The van der Waals surface area contributed by atoms with Crippen molar-refractivity contribution in [1.29, 1.82) is 0 Å². The topological polar surface area (TPSA) is 185 Å². The highest BCUT2D eigenvalue weighted by atomic mass is 31.2. The fourth-order valence-electron chi connectivity index (χ4n) is 5.41. The molecule has 256 valence electrons. The molecule has 3 unspecified atom stereocenters. The Morgan fingerprint density at radius 1 is 1.26 bits per heavy atom.